The largest absolute Gasteiger partial charge is 0.496 e. The van der Waals surface area contributed by atoms with Gasteiger partial charge in [0.15, 0.2) is 12.2 Å². The van der Waals surface area contributed by atoms with Gasteiger partial charge in [0.1, 0.15) is 11.8 Å². The predicted molar refractivity (Wildman–Crippen MR) is 100 cm³/mol. The minimum Gasteiger partial charge on any atom is -0.496 e. The standard InChI is InChI=1S/C20H23N3O3/c1-14(2)10-17(23-8-4-5-9-23)20(24)22-15-6-7-16(18(11-15)25-3)19-12-21-13-26-19/h4-9,11-14,17H,10H2,1-3H3,(H,22,24). The molecule has 0 saturated heterocycles. The summed E-state index contributed by atoms with van der Waals surface area (Å²) in [6, 6.07) is 9.07. The van der Waals surface area contributed by atoms with Crippen molar-refractivity contribution in [2.75, 3.05) is 12.4 Å². The lowest BCUT2D eigenvalue weighted by molar-refractivity contribution is -0.119. The first-order valence-electron chi connectivity index (χ1n) is 8.58. The number of aromatic nitrogens is 2. The Hall–Kier alpha value is -3.02. The molecule has 3 aromatic rings. The van der Waals surface area contributed by atoms with Crippen LogP contribution in [0.5, 0.6) is 5.75 Å². The van der Waals surface area contributed by atoms with E-state index in [1.165, 1.54) is 6.39 Å². The molecule has 3 rings (SSSR count). The Kier molecular flexibility index (Phi) is 5.41. The number of rotatable bonds is 7. The van der Waals surface area contributed by atoms with Gasteiger partial charge in [-0.25, -0.2) is 4.98 Å². The second kappa shape index (κ2) is 7.91. The van der Waals surface area contributed by atoms with Gasteiger partial charge in [-0.1, -0.05) is 13.8 Å². The number of oxazole rings is 1. The highest BCUT2D eigenvalue weighted by molar-refractivity contribution is 5.94. The molecule has 136 valence electrons. The number of benzene rings is 1. The van der Waals surface area contributed by atoms with Crippen LogP contribution in [0, 0.1) is 5.92 Å². The van der Waals surface area contributed by atoms with Crippen LogP contribution in [0.25, 0.3) is 11.3 Å². The summed E-state index contributed by atoms with van der Waals surface area (Å²) in [7, 11) is 1.59. The molecular formula is C20H23N3O3. The molecule has 6 heteroatoms. The van der Waals surface area contributed by atoms with Crippen molar-refractivity contribution >= 4 is 11.6 Å². The van der Waals surface area contributed by atoms with Crippen LogP contribution in [0.3, 0.4) is 0 Å². The number of amides is 1. The second-order valence-corrected chi connectivity index (χ2v) is 6.55. The van der Waals surface area contributed by atoms with Gasteiger partial charge < -0.3 is 19.0 Å². The smallest absolute Gasteiger partial charge is 0.247 e. The number of methoxy groups -OCH3 is 1. The fourth-order valence-corrected chi connectivity index (χ4v) is 2.91. The first-order valence-corrected chi connectivity index (χ1v) is 8.58. The van der Waals surface area contributed by atoms with Crippen LogP contribution in [-0.2, 0) is 4.79 Å². The Morgan fingerprint density at radius 2 is 2.08 bits per heavy atom. The summed E-state index contributed by atoms with van der Waals surface area (Å²) in [5.41, 5.74) is 1.46. The van der Waals surface area contributed by atoms with Crippen LogP contribution in [0.1, 0.15) is 26.3 Å². The maximum Gasteiger partial charge on any atom is 0.247 e. The van der Waals surface area contributed by atoms with Gasteiger partial charge >= 0.3 is 0 Å². The summed E-state index contributed by atoms with van der Waals surface area (Å²) >= 11 is 0. The molecule has 1 aromatic carbocycles. The van der Waals surface area contributed by atoms with Gasteiger partial charge in [-0.15, -0.1) is 0 Å². The summed E-state index contributed by atoms with van der Waals surface area (Å²) in [6.45, 7) is 4.22. The fraction of sp³-hybridized carbons (Fsp3) is 0.300. The van der Waals surface area contributed by atoms with E-state index in [9.17, 15) is 4.79 Å². The number of carbonyl (C=O) groups is 1. The van der Waals surface area contributed by atoms with E-state index < -0.39 is 0 Å². The number of nitrogens with one attached hydrogen (secondary N) is 1. The number of hydrogen-bond acceptors (Lipinski definition) is 4. The molecule has 26 heavy (non-hydrogen) atoms. The lowest BCUT2D eigenvalue weighted by atomic mass is 10.0. The summed E-state index contributed by atoms with van der Waals surface area (Å²) in [5, 5.41) is 3.00. The molecule has 2 aromatic heterocycles. The molecule has 1 amide bonds. The number of hydrogen-bond donors (Lipinski definition) is 1. The molecule has 1 unspecified atom stereocenters. The maximum atomic E-state index is 12.9. The lowest BCUT2D eigenvalue weighted by Gasteiger charge is -2.21. The van der Waals surface area contributed by atoms with Gasteiger partial charge in [-0.2, -0.15) is 0 Å². The SMILES string of the molecule is COc1cc(NC(=O)C(CC(C)C)n2cccc2)ccc1-c1cnco1. The number of anilines is 1. The van der Waals surface area contributed by atoms with Gasteiger partial charge in [0.05, 0.1) is 18.9 Å². The van der Waals surface area contributed by atoms with E-state index in [-0.39, 0.29) is 11.9 Å². The molecule has 0 saturated carbocycles. The van der Waals surface area contributed by atoms with Crippen LogP contribution >= 0.6 is 0 Å². The minimum atomic E-state index is -0.259. The number of carbonyl (C=O) groups excluding carboxylic acids is 1. The first kappa shape index (κ1) is 17.8. The molecule has 0 aliphatic carbocycles. The molecule has 0 aliphatic heterocycles. The van der Waals surface area contributed by atoms with E-state index in [2.05, 4.69) is 24.1 Å². The molecule has 0 radical (unpaired) electrons. The maximum absolute atomic E-state index is 12.9. The van der Waals surface area contributed by atoms with Crippen molar-refractivity contribution in [1.29, 1.82) is 0 Å². The third kappa shape index (κ3) is 3.96. The molecule has 1 N–H and O–H groups in total. The Morgan fingerprint density at radius 3 is 2.69 bits per heavy atom. The molecule has 0 bridgehead atoms. The fourth-order valence-electron chi connectivity index (χ4n) is 2.91. The van der Waals surface area contributed by atoms with Crippen molar-refractivity contribution in [2.45, 2.75) is 26.3 Å². The Bertz CT molecular complexity index is 839. The summed E-state index contributed by atoms with van der Waals surface area (Å²) < 4.78 is 12.7. The zero-order valence-corrected chi connectivity index (χ0v) is 15.2. The molecule has 6 nitrogen and oxygen atoms in total. The van der Waals surface area contributed by atoms with Gasteiger partial charge in [0.25, 0.3) is 0 Å². The predicted octanol–water partition coefficient (Wildman–Crippen LogP) is 4.38. The average molecular weight is 353 g/mol. The quantitative estimate of drug-likeness (QED) is 0.684. The molecule has 0 spiro atoms. The lowest BCUT2D eigenvalue weighted by Crippen LogP contribution is -2.26. The van der Waals surface area contributed by atoms with E-state index >= 15 is 0 Å². The van der Waals surface area contributed by atoms with Gasteiger partial charge in [0.2, 0.25) is 5.91 Å². The van der Waals surface area contributed by atoms with E-state index in [4.69, 9.17) is 9.15 Å². The highest BCUT2D eigenvalue weighted by Gasteiger charge is 2.21. The van der Waals surface area contributed by atoms with Crippen LogP contribution in [0.2, 0.25) is 0 Å². The summed E-state index contributed by atoms with van der Waals surface area (Å²) in [4.78, 5) is 16.8. The van der Waals surface area contributed by atoms with E-state index in [1.54, 1.807) is 19.4 Å². The Labute approximate surface area is 152 Å². The monoisotopic (exact) mass is 353 g/mol. The molecule has 2 heterocycles. The molecule has 0 aliphatic rings. The van der Waals surface area contributed by atoms with Crippen molar-refractivity contribution in [1.82, 2.24) is 9.55 Å². The zero-order valence-electron chi connectivity index (χ0n) is 15.2. The molecule has 1 atom stereocenters. The zero-order chi connectivity index (χ0) is 18.5. The van der Waals surface area contributed by atoms with Crippen LogP contribution in [0.4, 0.5) is 5.69 Å². The average Bonchev–Trinajstić information content (AvgIpc) is 3.33. The number of nitrogens with zero attached hydrogens (tertiary/aromatic N) is 2. The van der Waals surface area contributed by atoms with Gasteiger partial charge in [-0.05, 0) is 36.6 Å². The molecule has 0 fully saturated rings. The van der Waals surface area contributed by atoms with Crippen LogP contribution < -0.4 is 10.1 Å². The van der Waals surface area contributed by atoms with Crippen molar-refractivity contribution in [3.05, 3.63) is 55.3 Å². The summed E-state index contributed by atoms with van der Waals surface area (Å²) in [6.07, 6.45) is 7.59. The Balaban J connectivity index is 1.82. The summed E-state index contributed by atoms with van der Waals surface area (Å²) in [5.74, 6) is 1.58. The third-order valence-electron chi connectivity index (χ3n) is 4.15. The van der Waals surface area contributed by atoms with Gasteiger partial charge in [0, 0.05) is 24.1 Å². The van der Waals surface area contributed by atoms with Crippen molar-refractivity contribution in [3.8, 4) is 17.1 Å². The highest BCUT2D eigenvalue weighted by atomic mass is 16.5. The van der Waals surface area contributed by atoms with E-state index in [0.29, 0.717) is 23.1 Å². The minimum absolute atomic E-state index is 0.0515. The van der Waals surface area contributed by atoms with Crippen molar-refractivity contribution in [3.63, 3.8) is 0 Å². The number of ether oxygens (including phenoxy) is 1. The van der Waals surface area contributed by atoms with E-state index in [0.717, 1.165) is 12.0 Å². The van der Waals surface area contributed by atoms with Gasteiger partial charge in [-0.3, -0.25) is 4.79 Å². The van der Waals surface area contributed by atoms with Crippen molar-refractivity contribution in [2.24, 2.45) is 5.92 Å². The van der Waals surface area contributed by atoms with Crippen molar-refractivity contribution < 1.29 is 13.9 Å². The van der Waals surface area contributed by atoms with Crippen LogP contribution in [0.15, 0.2) is 59.7 Å². The third-order valence-corrected chi connectivity index (χ3v) is 4.15. The highest BCUT2D eigenvalue weighted by Crippen LogP contribution is 2.32. The second-order valence-electron chi connectivity index (χ2n) is 6.55. The first-order chi connectivity index (χ1) is 12.6. The normalized spacial score (nSPS) is 12.2. The topological polar surface area (TPSA) is 69.3 Å². The molecular weight excluding hydrogens is 330 g/mol. The van der Waals surface area contributed by atoms with E-state index in [1.807, 2.05) is 41.2 Å². The van der Waals surface area contributed by atoms with Crippen LogP contribution in [-0.4, -0.2) is 22.6 Å². The Morgan fingerprint density at radius 1 is 1.31 bits per heavy atom.